The average molecular weight is 381 g/mol. The van der Waals surface area contributed by atoms with E-state index in [1.165, 1.54) is 0 Å². The predicted molar refractivity (Wildman–Crippen MR) is 102 cm³/mol. The Morgan fingerprint density at radius 3 is 2.65 bits per heavy atom. The minimum absolute atomic E-state index is 0.0404. The highest BCUT2D eigenvalue weighted by Crippen LogP contribution is 2.24. The van der Waals surface area contributed by atoms with Crippen LogP contribution in [-0.4, -0.2) is 64.2 Å². The van der Waals surface area contributed by atoms with E-state index in [0.29, 0.717) is 6.42 Å². The quantitative estimate of drug-likeness (QED) is 0.789. The zero-order valence-corrected chi connectivity index (χ0v) is 16.1. The summed E-state index contributed by atoms with van der Waals surface area (Å²) in [7, 11) is -3.00. The maximum atomic E-state index is 12.3. The van der Waals surface area contributed by atoms with Gasteiger partial charge in [0.2, 0.25) is 5.91 Å². The predicted octanol–water partition coefficient (Wildman–Crippen LogP) is 0.935. The van der Waals surface area contributed by atoms with Gasteiger partial charge in [-0.2, -0.15) is 0 Å². The van der Waals surface area contributed by atoms with Crippen LogP contribution < -0.4 is 15.5 Å². The number of sulfone groups is 1. The van der Waals surface area contributed by atoms with Crippen molar-refractivity contribution in [3.05, 3.63) is 23.8 Å². The summed E-state index contributed by atoms with van der Waals surface area (Å²) in [5.74, 6) is 0.0180. The minimum atomic E-state index is -3.00. The zero-order chi connectivity index (χ0) is 18.7. The number of anilines is 2. The number of hydrogen-bond acceptors (Lipinski definition) is 6. The van der Waals surface area contributed by atoms with E-state index in [0.717, 1.165) is 43.2 Å². The molecule has 2 unspecified atom stereocenters. The summed E-state index contributed by atoms with van der Waals surface area (Å²) in [6.07, 6.45) is 0.494. The lowest BCUT2D eigenvalue weighted by Gasteiger charge is -2.29. The highest BCUT2D eigenvalue weighted by molar-refractivity contribution is 7.91. The van der Waals surface area contributed by atoms with Crippen molar-refractivity contribution in [2.24, 2.45) is 0 Å². The van der Waals surface area contributed by atoms with Crippen molar-refractivity contribution >= 4 is 27.1 Å². The summed E-state index contributed by atoms with van der Waals surface area (Å²) >= 11 is 0. The Morgan fingerprint density at radius 2 is 2.04 bits per heavy atom. The number of hydrogen-bond donors (Lipinski definition) is 2. The molecule has 7 nitrogen and oxygen atoms in total. The van der Waals surface area contributed by atoms with Crippen molar-refractivity contribution in [2.45, 2.75) is 32.4 Å². The lowest BCUT2D eigenvalue weighted by molar-refractivity contribution is -0.122. The Morgan fingerprint density at radius 1 is 1.31 bits per heavy atom. The van der Waals surface area contributed by atoms with E-state index >= 15 is 0 Å². The van der Waals surface area contributed by atoms with E-state index < -0.39 is 15.9 Å². The van der Waals surface area contributed by atoms with Crippen LogP contribution in [0.4, 0.5) is 11.4 Å². The number of rotatable bonds is 5. The van der Waals surface area contributed by atoms with E-state index in [4.69, 9.17) is 4.74 Å². The van der Waals surface area contributed by atoms with Crippen LogP contribution in [0.1, 0.15) is 18.9 Å². The number of morpholine rings is 1. The number of amides is 1. The zero-order valence-electron chi connectivity index (χ0n) is 15.3. The third-order valence-corrected chi connectivity index (χ3v) is 6.70. The molecule has 2 saturated heterocycles. The van der Waals surface area contributed by atoms with Crippen LogP contribution in [0.2, 0.25) is 0 Å². The van der Waals surface area contributed by atoms with E-state index in [2.05, 4.69) is 27.7 Å². The van der Waals surface area contributed by atoms with Crippen molar-refractivity contribution in [2.75, 3.05) is 48.0 Å². The first kappa shape index (κ1) is 19.0. The van der Waals surface area contributed by atoms with Crippen LogP contribution >= 0.6 is 0 Å². The van der Waals surface area contributed by atoms with Gasteiger partial charge in [0.25, 0.3) is 0 Å². The second-order valence-corrected chi connectivity index (χ2v) is 9.30. The lowest BCUT2D eigenvalue weighted by atomic mass is 10.1. The van der Waals surface area contributed by atoms with Gasteiger partial charge >= 0.3 is 0 Å². The van der Waals surface area contributed by atoms with Crippen molar-refractivity contribution in [1.29, 1.82) is 0 Å². The molecule has 0 aromatic heterocycles. The fraction of sp³-hybridized carbons (Fsp3) is 0.611. The summed E-state index contributed by atoms with van der Waals surface area (Å²) in [6.45, 7) is 7.06. The largest absolute Gasteiger partial charge is 0.378 e. The summed E-state index contributed by atoms with van der Waals surface area (Å²) < 4.78 is 28.4. The molecular formula is C18H27N3O4S. The highest BCUT2D eigenvalue weighted by Gasteiger charge is 2.30. The summed E-state index contributed by atoms with van der Waals surface area (Å²) in [6, 6.07) is 5.44. The van der Waals surface area contributed by atoms with Crippen LogP contribution in [0.15, 0.2) is 18.2 Å². The van der Waals surface area contributed by atoms with Gasteiger partial charge in [0, 0.05) is 30.5 Å². The molecule has 2 fully saturated rings. The van der Waals surface area contributed by atoms with Gasteiger partial charge in [-0.05, 0) is 44.0 Å². The Kier molecular flexibility index (Phi) is 5.72. The third-order valence-electron chi connectivity index (χ3n) is 4.93. The Balaban J connectivity index is 1.58. The van der Waals surface area contributed by atoms with Gasteiger partial charge in [0.1, 0.15) is 6.04 Å². The van der Waals surface area contributed by atoms with Gasteiger partial charge in [0.15, 0.2) is 9.84 Å². The normalized spacial score (nSPS) is 23.5. The molecule has 8 heteroatoms. The topological polar surface area (TPSA) is 87.7 Å². The summed E-state index contributed by atoms with van der Waals surface area (Å²) in [4.78, 5) is 14.6. The molecule has 2 atom stereocenters. The van der Waals surface area contributed by atoms with Gasteiger partial charge in [-0.25, -0.2) is 8.42 Å². The summed E-state index contributed by atoms with van der Waals surface area (Å²) in [5.41, 5.74) is 3.13. The third kappa shape index (κ3) is 4.67. The number of carbonyl (C=O) groups excluding carboxylic acids is 1. The van der Waals surface area contributed by atoms with Gasteiger partial charge in [-0.1, -0.05) is 0 Å². The number of nitrogens with zero attached hydrogens (tertiary/aromatic N) is 1. The molecule has 3 rings (SSSR count). The van der Waals surface area contributed by atoms with Gasteiger partial charge in [-0.15, -0.1) is 0 Å². The molecule has 26 heavy (non-hydrogen) atoms. The van der Waals surface area contributed by atoms with Crippen LogP contribution in [0.5, 0.6) is 0 Å². The first-order chi connectivity index (χ1) is 12.3. The second-order valence-electron chi connectivity index (χ2n) is 7.07. The number of nitrogens with one attached hydrogen (secondary N) is 2. The monoisotopic (exact) mass is 381 g/mol. The maximum absolute atomic E-state index is 12.3. The molecule has 0 spiro atoms. The van der Waals surface area contributed by atoms with E-state index in [-0.39, 0.29) is 23.5 Å². The van der Waals surface area contributed by atoms with Crippen LogP contribution in [0.25, 0.3) is 0 Å². The molecule has 2 N–H and O–H groups in total. The first-order valence-corrected chi connectivity index (χ1v) is 10.9. The fourth-order valence-corrected chi connectivity index (χ4v) is 5.04. The molecule has 0 saturated carbocycles. The standard InChI is InChI=1S/C18H27N3O4S/c1-13-11-16(21-6-8-25-9-7-21)3-4-17(13)19-14(2)18(22)20-15-5-10-26(23,24)12-15/h3-4,11,14-15,19H,5-10,12H2,1-2H3,(H,20,22). The molecule has 0 aliphatic carbocycles. The van der Waals surface area contributed by atoms with Crippen LogP contribution in [-0.2, 0) is 19.4 Å². The minimum Gasteiger partial charge on any atom is -0.378 e. The molecule has 2 aliphatic rings. The number of aryl methyl sites for hydroxylation is 1. The molecule has 0 bridgehead atoms. The molecule has 2 aliphatic heterocycles. The lowest BCUT2D eigenvalue weighted by Crippen LogP contribution is -2.43. The van der Waals surface area contributed by atoms with Gasteiger partial charge in [-0.3, -0.25) is 4.79 Å². The molecular weight excluding hydrogens is 354 g/mol. The first-order valence-electron chi connectivity index (χ1n) is 9.05. The number of ether oxygens (including phenoxy) is 1. The second kappa shape index (κ2) is 7.84. The van der Waals surface area contributed by atoms with E-state index in [9.17, 15) is 13.2 Å². The van der Waals surface area contributed by atoms with E-state index in [1.807, 2.05) is 13.0 Å². The van der Waals surface area contributed by atoms with E-state index in [1.54, 1.807) is 6.92 Å². The van der Waals surface area contributed by atoms with Gasteiger partial charge < -0.3 is 20.3 Å². The Labute approximate surface area is 155 Å². The fourth-order valence-electron chi connectivity index (χ4n) is 3.36. The number of carbonyl (C=O) groups is 1. The van der Waals surface area contributed by atoms with Gasteiger partial charge in [0.05, 0.1) is 24.7 Å². The van der Waals surface area contributed by atoms with Crippen molar-refractivity contribution < 1.29 is 17.9 Å². The maximum Gasteiger partial charge on any atom is 0.242 e. The highest BCUT2D eigenvalue weighted by atomic mass is 32.2. The molecule has 1 aromatic carbocycles. The molecule has 1 aromatic rings. The molecule has 2 heterocycles. The Bertz CT molecular complexity index is 760. The van der Waals surface area contributed by atoms with Crippen molar-refractivity contribution in [3.8, 4) is 0 Å². The number of benzene rings is 1. The molecule has 0 radical (unpaired) electrons. The van der Waals surface area contributed by atoms with Crippen LogP contribution in [0.3, 0.4) is 0 Å². The van der Waals surface area contributed by atoms with Crippen molar-refractivity contribution in [3.63, 3.8) is 0 Å². The SMILES string of the molecule is Cc1cc(N2CCOCC2)ccc1NC(C)C(=O)NC1CCS(=O)(=O)C1. The van der Waals surface area contributed by atoms with Crippen LogP contribution in [0, 0.1) is 6.92 Å². The summed E-state index contributed by atoms with van der Waals surface area (Å²) in [5, 5.41) is 6.06. The molecule has 1 amide bonds. The Hall–Kier alpha value is -1.80. The van der Waals surface area contributed by atoms with Crippen molar-refractivity contribution in [1.82, 2.24) is 5.32 Å². The average Bonchev–Trinajstić information content (AvgIpc) is 2.95. The smallest absolute Gasteiger partial charge is 0.242 e. The molecule has 144 valence electrons.